The van der Waals surface area contributed by atoms with Crippen LogP contribution in [0.25, 0.3) is 0 Å². The van der Waals surface area contributed by atoms with Crippen LogP contribution in [0.5, 0.6) is 0 Å². The van der Waals surface area contributed by atoms with Crippen LogP contribution in [-0.2, 0) is 10.1 Å². The fourth-order valence-electron chi connectivity index (χ4n) is 0.995. The van der Waals surface area contributed by atoms with Gasteiger partial charge >= 0.3 is 11.9 Å². The Balaban J connectivity index is 0. The highest BCUT2D eigenvalue weighted by Gasteiger charge is 2.17. The number of hydrogen-bond donors (Lipinski definition) is 3. The first-order valence-corrected chi connectivity index (χ1v) is 5.25. The van der Waals surface area contributed by atoms with Crippen molar-refractivity contribution < 1.29 is 32.8 Å². The Bertz CT molecular complexity index is 535. The number of carboxylic acids is 2. The Kier molecular flexibility index (Phi) is 7.23. The van der Waals surface area contributed by atoms with E-state index in [1.54, 1.807) is 0 Å². The maximum absolute atomic E-state index is 10.8. The normalized spacial score (nSPS) is 9.83. The van der Waals surface area contributed by atoms with Crippen molar-refractivity contribution in [1.82, 2.24) is 0 Å². The zero-order valence-corrected chi connectivity index (χ0v) is 12.7. The maximum Gasteiger partial charge on any atom is 0.335 e. The summed E-state index contributed by atoms with van der Waals surface area (Å²) in [6.07, 6.45) is 0. The number of benzene rings is 1. The minimum atomic E-state index is -4.64. The van der Waals surface area contributed by atoms with Gasteiger partial charge in [0.05, 0.1) is 16.0 Å². The van der Waals surface area contributed by atoms with Gasteiger partial charge in [-0.2, -0.15) is 28.2 Å². The van der Waals surface area contributed by atoms with Gasteiger partial charge in [0.1, 0.15) is 0 Å². The quantitative estimate of drug-likeness (QED) is 0.545. The summed E-state index contributed by atoms with van der Waals surface area (Å²) in [5, 5.41) is 17.2. The Labute approximate surface area is 109 Å². The minimum Gasteiger partial charge on any atom is -0.478 e. The Morgan fingerprint density at radius 3 is 1.44 bits per heavy atom. The molecule has 0 aliphatic rings. The van der Waals surface area contributed by atoms with Crippen LogP contribution in [0, 0.1) is 0 Å². The zero-order valence-electron chi connectivity index (χ0n) is 9.03. The third-order valence-corrected chi connectivity index (χ3v) is 2.53. The average molecular weight is 314 g/mol. The van der Waals surface area contributed by atoms with Gasteiger partial charge in [0.15, 0.2) is 0 Å². The van der Waals surface area contributed by atoms with Gasteiger partial charge in [-0.25, -0.2) is 9.59 Å². The lowest BCUT2D eigenvalue weighted by Crippen LogP contribution is -2.07. The molecule has 102 valence electrons. The van der Waals surface area contributed by atoms with Gasteiger partial charge in [-0.15, -0.1) is 0 Å². The monoisotopic (exact) mass is 314 g/mol. The molecule has 0 aliphatic heterocycles. The van der Waals surface area contributed by atoms with Crippen molar-refractivity contribution in [2.45, 2.75) is 4.90 Å². The second-order valence-corrected chi connectivity index (χ2v) is 4.25. The van der Waals surface area contributed by atoms with Crippen LogP contribution < -0.4 is 0 Å². The Morgan fingerprint density at radius 2 is 1.22 bits per heavy atom. The number of hydrogen-bond acceptors (Lipinski definition) is 4. The van der Waals surface area contributed by atoms with Crippen molar-refractivity contribution in [2.24, 2.45) is 0 Å². The van der Waals surface area contributed by atoms with Gasteiger partial charge in [-0.3, -0.25) is 4.55 Å². The van der Waals surface area contributed by atoms with E-state index >= 15 is 0 Å². The summed E-state index contributed by atoms with van der Waals surface area (Å²) in [4.78, 5) is 20.4. The van der Waals surface area contributed by atoms with Gasteiger partial charge in [0.25, 0.3) is 10.1 Å². The van der Waals surface area contributed by atoms with Crippen LogP contribution >= 0.6 is 19.8 Å². The van der Waals surface area contributed by atoms with E-state index in [0.717, 1.165) is 6.07 Å². The lowest BCUT2D eigenvalue weighted by atomic mass is 10.1. The summed E-state index contributed by atoms with van der Waals surface area (Å²) in [5.41, 5.74) is -1.07. The Morgan fingerprint density at radius 1 is 0.889 bits per heavy atom. The SMILES string of the molecule is O=C(O)c1cc(C(=O)O)cc(S(=O)(=O)O)c1.P.P. The topological polar surface area (TPSA) is 129 Å². The van der Waals surface area contributed by atoms with Crippen molar-refractivity contribution in [2.75, 3.05) is 0 Å². The van der Waals surface area contributed by atoms with Crippen LogP contribution in [0.4, 0.5) is 0 Å². The molecule has 0 radical (unpaired) electrons. The Hall–Kier alpha value is -1.07. The highest BCUT2D eigenvalue weighted by Crippen LogP contribution is 2.15. The van der Waals surface area contributed by atoms with E-state index in [2.05, 4.69) is 0 Å². The summed E-state index contributed by atoms with van der Waals surface area (Å²) in [7, 11) is -4.64. The molecule has 2 unspecified atom stereocenters. The zero-order chi connectivity index (χ0) is 12.5. The van der Waals surface area contributed by atoms with Gasteiger partial charge in [-0.05, 0) is 18.2 Å². The highest BCUT2D eigenvalue weighted by molar-refractivity contribution is 7.85. The average Bonchev–Trinajstić information content (AvgIpc) is 2.15. The summed E-state index contributed by atoms with van der Waals surface area (Å²) in [6.45, 7) is 0. The molecule has 3 N–H and O–H groups in total. The molecule has 0 bridgehead atoms. The van der Waals surface area contributed by atoms with E-state index in [4.69, 9.17) is 14.8 Å². The summed E-state index contributed by atoms with van der Waals surface area (Å²) < 4.78 is 30.2. The molecule has 0 aliphatic carbocycles. The fourth-order valence-corrected chi connectivity index (χ4v) is 1.55. The lowest BCUT2D eigenvalue weighted by molar-refractivity contribution is 0.0696. The molecule has 18 heavy (non-hydrogen) atoms. The third kappa shape index (κ3) is 4.66. The molecule has 1 rings (SSSR count). The number of carboxylic acid groups (broad SMARTS) is 2. The van der Waals surface area contributed by atoms with Gasteiger partial charge in [0.2, 0.25) is 0 Å². The van der Waals surface area contributed by atoms with Crippen molar-refractivity contribution in [3.05, 3.63) is 29.3 Å². The summed E-state index contributed by atoms with van der Waals surface area (Å²) >= 11 is 0. The second kappa shape index (κ2) is 6.75. The largest absolute Gasteiger partial charge is 0.478 e. The molecule has 0 amide bonds. The summed E-state index contributed by atoms with van der Waals surface area (Å²) in [5.74, 6) is -2.99. The van der Waals surface area contributed by atoms with Crippen LogP contribution in [0.1, 0.15) is 20.7 Å². The molecule has 0 heterocycles. The van der Waals surface area contributed by atoms with E-state index in [1.165, 1.54) is 0 Å². The van der Waals surface area contributed by atoms with Crippen LogP contribution in [0.3, 0.4) is 0 Å². The molecule has 0 saturated carbocycles. The summed E-state index contributed by atoms with van der Waals surface area (Å²) in [6, 6.07) is 2.13. The first-order chi connectivity index (χ1) is 7.21. The van der Waals surface area contributed by atoms with Crippen LogP contribution in [0.15, 0.2) is 23.1 Å². The molecule has 0 spiro atoms. The van der Waals surface area contributed by atoms with E-state index in [1.807, 2.05) is 0 Å². The first-order valence-electron chi connectivity index (χ1n) is 3.81. The predicted molar refractivity (Wildman–Crippen MR) is 72.4 cm³/mol. The van der Waals surface area contributed by atoms with Crippen molar-refractivity contribution in [3.63, 3.8) is 0 Å². The van der Waals surface area contributed by atoms with Gasteiger partial charge in [0, 0.05) is 0 Å². The molecular weight excluding hydrogens is 302 g/mol. The van der Waals surface area contributed by atoms with Crippen LogP contribution in [-0.4, -0.2) is 35.1 Å². The third-order valence-electron chi connectivity index (χ3n) is 1.70. The standard InChI is InChI=1S/C8H6O7S.2H3P/c9-7(10)4-1-5(8(11)12)3-6(2-4)16(13,14)15;;/h1-3H,(H,9,10)(H,11,12)(H,13,14,15);2*1H3. The van der Waals surface area contributed by atoms with Crippen molar-refractivity contribution >= 4 is 41.9 Å². The number of carbonyl (C=O) groups is 2. The van der Waals surface area contributed by atoms with Gasteiger partial charge < -0.3 is 10.2 Å². The first kappa shape index (κ1) is 19.3. The predicted octanol–water partition coefficient (Wildman–Crippen LogP) is 0.446. The minimum absolute atomic E-state index is 0. The van der Waals surface area contributed by atoms with E-state index in [9.17, 15) is 18.0 Å². The van der Waals surface area contributed by atoms with E-state index in [0.29, 0.717) is 12.1 Å². The molecular formula is C8H12O7P2S. The maximum atomic E-state index is 10.8. The van der Waals surface area contributed by atoms with E-state index in [-0.39, 0.29) is 19.8 Å². The number of rotatable bonds is 3. The molecule has 0 aromatic heterocycles. The van der Waals surface area contributed by atoms with E-state index < -0.39 is 38.1 Å². The molecule has 0 saturated heterocycles. The van der Waals surface area contributed by atoms with Crippen LogP contribution in [0.2, 0.25) is 0 Å². The molecule has 10 heteroatoms. The lowest BCUT2D eigenvalue weighted by Gasteiger charge is -2.02. The van der Waals surface area contributed by atoms with Crippen molar-refractivity contribution in [3.8, 4) is 0 Å². The highest BCUT2D eigenvalue weighted by atomic mass is 32.2. The smallest absolute Gasteiger partial charge is 0.335 e. The van der Waals surface area contributed by atoms with Crippen molar-refractivity contribution in [1.29, 1.82) is 0 Å². The molecule has 1 aromatic carbocycles. The molecule has 0 fully saturated rings. The fraction of sp³-hybridized carbons (Fsp3) is 0. The van der Waals surface area contributed by atoms with Gasteiger partial charge in [-0.1, -0.05) is 0 Å². The number of aromatic carboxylic acids is 2. The molecule has 1 aromatic rings. The molecule has 7 nitrogen and oxygen atoms in total. The second-order valence-electron chi connectivity index (χ2n) is 2.83. The molecule has 2 atom stereocenters.